The molecular weight excluding hydrogens is 390 g/mol. The van der Waals surface area contributed by atoms with Crippen LogP contribution in [0.1, 0.15) is 59.3 Å². The van der Waals surface area contributed by atoms with Crippen molar-refractivity contribution < 1.29 is 14.3 Å². The molecule has 1 fully saturated rings. The van der Waals surface area contributed by atoms with Gasteiger partial charge in [-0.15, -0.1) is 0 Å². The maximum atomic E-state index is 12.6. The van der Waals surface area contributed by atoms with Crippen LogP contribution in [0.25, 0.3) is 0 Å². The number of aryl methyl sites for hydroxylation is 2. The number of esters is 1. The maximum absolute atomic E-state index is 12.6. The second-order valence-corrected chi connectivity index (χ2v) is 8.13. The van der Waals surface area contributed by atoms with E-state index in [4.69, 9.17) is 16.3 Å². The zero-order valence-electron chi connectivity index (χ0n) is 17.3. The Morgan fingerprint density at radius 2 is 1.83 bits per heavy atom. The minimum absolute atomic E-state index is 0.189. The summed E-state index contributed by atoms with van der Waals surface area (Å²) < 4.78 is 6.85. The fraction of sp³-hybridized carbons (Fsp3) is 0.500. The monoisotopic (exact) mass is 417 g/mol. The number of nitrogens with zero attached hydrogens (tertiary/aromatic N) is 3. The van der Waals surface area contributed by atoms with Gasteiger partial charge in [0.1, 0.15) is 10.7 Å². The molecule has 0 N–H and O–H groups in total. The number of carbonyl (C=O) groups is 2. The molecule has 7 heteroatoms. The number of likely N-dealkylation sites (N-methyl/N-ethyl adjacent to an activating group) is 1. The first-order valence-electron chi connectivity index (χ1n) is 10.1. The number of halogens is 1. The molecule has 0 saturated heterocycles. The summed E-state index contributed by atoms with van der Waals surface area (Å²) in [7, 11) is 1.78. The predicted octanol–water partition coefficient (Wildman–Crippen LogP) is 4.15. The van der Waals surface area contributed by atoms with E-state index in [1.807, 2.05) is 31.2 Å². The number of hydrogen-bond donors (Lipinski definition) is 0. The maximum Gasteiger partial charge on any atom is 0.343 e. The zero-order chi connectivity index (χ0) is 21.0. The molecule has 1 aromatic carbocycles. The number of hydrogen-bond acceptors (Lipinski definition) is 4. The van der Waals surface area contributed by atoms with Crippen LogP contribution in [0.3, 0.4) is 0 Å². The lowest BCUT2D eigenvalue weighted by Gasteiger charge is -2.31. The Labute approximate surface area is 176 Å². The highest BCUT2D eigenvalue weighted by Gasteiger charge is 2.25. The van der Waals surface area contributed by atoms with Gasteiger partial charge in [0, 0.05) is 13.1 Å². The van der Waals surface area contributed by atoms with E-state index in [1.54, 1.807) is 23.6 Å². The molecule has 1 heterocycles. The minimum atomic E-state index is -0.618. The van der Waals surface area contributed by atoms with Crippen LogP contribution in [0.5, 0.6) is 0 Å². The summed E-state index contributed by atoms with van der Waals surface area (Å²) in [4.78, 5) is 26.7. The number of amides is 1. The van der Waals surface area contributed by atoms with E-state index in [1.165, 1.54) is 12.0 Å². The van der Waals surface area contributed by atoms with Crippen LogP contribution in [0.2, 0.25) is 5.15 Å². The molecule has 1 aliphatic rings. The molecule has 6 nitrogen and oxygen atoms in total. The average Bonchev–Trinajstić information content (AvgIpc) is 3.00. The molecule has 1 aliphatic carbocycles. The SMILES string of the molecule is Cc1ccc(Cn2nc(C)c(C(=O)OCC(=O)N(C)C3CCCCC3)c2Cl)cc1. The van der Waals surface area contributed by atoms with Gasteiger partial charge in [0.25, 0.3) is 5.91 Å². The third-order valence-corrected chi connectivity index (χ3v) is 5.95. The largest absolute Gasteiger partial charge is 0.452 e. The smallest absolute Gasteiger partial charge is 0.343 e. The van der Waals surface area contributed by atoms with Crippen LogP contribution in [0.4, 0.5) is 0 Å². The number of benzene rings is 1. The summed E-state index contributed by atoms with van der Waals surface area (Å²) in [6.45, 7) is 3.90. The molecule has 156 valence electrons. The molecule has 0 bridgehead atoms. The Morgan fingerprint density at radius 1 is 1.17 bits per heavy atom. The summed E-state index contributed by atoms with van der Waals surface area (Å²) in [5.41, 5.74) is 2.90. The van der Waals surface area contributed by atoms with Gasteiger partial charge in [-0.3, -0.25) is 4.79 Å². The number of ether oxygens (including phenoxy) is 1. The van der Waals surface area contributed by atoms with Gasteiger partial charge in [-0.1, -0.05) is 60.7 Å². The van der Waals surface area contributed by atoms with E-state index in [0.717, 1.165) is 31.2 Å². The van der Waals surface area contributed by atoms with Crippen molar-refractivity contribution in [2.45, 2.75) is 58.5 Å². The highest BCUT2D eigenvalue weighted by atomic mass is 35.5. The molecule has 1 amide bonds. The van der Waals surface area contributed by atoms with Crippen LogP contribution < -0.4 is 0 Å². The summed E-state index contributed by atoms with van der Waals surface area (Å²) in [6.07, 6.45) is 5.51. The normalized spacial score (nSPS) is 14.6. The number of rotatable bonds is 6. The van der Waals surface area contributed by atoms with Crippen LogP contribution in [0, 0.1) is 13.8 Å². The first kappa shape index (κ1) is 21.4. The summed E-state index contributed by atoms with van der Waals surface area (Å²) in [5, 5.41) is 4.60. The molecule has 1 saturated carbocycles. The molecule has 0 radical (unpaired) electrons. The van der Waals surface area contributed by atoms with Crippen molar-refractivity contribution in [3.8, 4) is 0 Å². The van der Waals surface area contributed by atoms with E-state index < -0.39 is 5.97 Å². The standard InChI is InChI=1S/C22H28ClN3O3/c1-15-9-11-17(12-10-15)13-26-21(23)20(16(2)24-26)22(28)29-14-19(27)25(3)18-7-5-4-6-8-18/h9-12,18H,4-8,13-14H2,1-3H3. The molecule has 0 atom stereocenters. The van der Waals surface area contributed by atoms with E-state index in [2.05, 4.69) is 5.10 Å². The highest BCUT2D eigenvalue weighted by molar-refractivity contribution is 6.32. The summed E-state index contributed by atoms with van der Waals surface area (Å²) in [6, 6.07) is 8.27. The lowest BCUT2D eigenvalue weighted by molar-refractivity contribution is -0.135. The van der Waals surface area contributed by atoms with Crippen molar-refractivity contribution in [2.75, 3.05) is 13.7 Å². The first-order valence-corrected chi connectivity index (χ1v) is 10.5. The predicted molar refractivity (Wildman–Crippen MR) is 112 cm³/mol. The zero-order valence-corrected chi connectivity index (χ0v) is 18.0. The molecule has 0 spiro atoms. The van der Waals surface area contributed by atoms with Crippen LogP contribution in [-0.4, -0.2) is 46.3 Å². The third-order valence-electron chi connectivity index (χ3n) is 5.57. The molecule has 29 heavy (non-hydrogen) atoms. The van der Waals surface area contributed by atoms with Gasteiger partial charge < -0.3 is 9.64 Å². The van der Waals surface area contributed by atoms with Gasteiger partial charge in [0.05, 0.1) is 12.2 Å². The van der Waals surface area contributed by atoms with Crippen molar-refractivity contribution in [3.63, 3.8) is 0 Å². The first-order chi connectivity index (χ1) is 13.9. The van der Waals surface area contributed by atoms with Crippen molar-refractivity contribution in [1.82, 2.24) is 14.7 Å². The van der Waals surface area contributed by atoms with Gasteiger partial charge in [-0.25, -0.2) is 9.48 Å². The van der Waals surface area contributed by atoms with Crippen molar-refractivity contribution >= 4 is 23.5 Å². The highest BCUT2D eigenvalue weighted by Crippen LogP contribution is 2.23. The summed E-state index contributed by atoms with van der Waals surface area (Å²) in [5.74, 6) is -0.806. The van der Waals surface area contributed by atoms with Gasteiger partial charge >= 0.3 is 5.97 Å². The quantitative estimate of drug-likeness (QED) is 0.662. The van der Waals surface area contributed by atoms with Gasteiger partial charge in [-0.2, -0.15) is 5.10 Å². The third kappa shape index (κ3) is 5.18. The second kappa shape index (κ2) is 9.44. The Balaban J connectivity index is 1.62. The van der Waals surface area contributed by atoms with E-state index in [-0.39, 0.29) is 29.3 Å². The number of carbonyl (C=O) groups excluding carboxylic acids is 2. The topological polar surface area (TPSA) is 64.4 Å². The van der Waals surface area contributed by atoms with E-state index in [9.17, 15) is 9.59 Å². The Kier molecular flexibility index (Phi) is 6.96. The van der Waals surface area contributed by atoms with Gasteiger partial charge in [-0.05, 0) is 32.3 Å². The lowest BCUT2D eigenvalue weighted by Crippen LogP contribution is -2.40. The minimum Gasteiger partial charge on any atom is -0.452 e. The van der Waals surface area contributed by atoms with Gasteiger partial charge in [0.2, 0.25) is 0 Å². The Morgan fingerprint density at radius 3 is 2.48 bits per heavy atom. The molecule has 2 aromatic rings. The Bertz CT molecular complexity index is 870. The summed E-state index contributed by atoms with van der Waals surface area (Å²) >= 11 is 6.41. The molecule has 3 rings (SSSR count). The van der Waals surface area contributed by atoms with Crippen LogP contribution in [0.15, 0.2) is 24.3 Å². The molecular formula is C22H28ClN3O3. The van der Waals surface area contributed by atoms with E-state index in [0.29, 0.717) is 12.2 Å². The van der Waals surface area contributed by atoms with Crippen molar-refractivity contribution in [2.24, 2.45) is 0 Å². The molecule has 0 unspecified atom stereocenters. The number of aromatic nitrogens is 2. The molecule has 1 aromatic heterocycles. The second-order valence-electron chi connectivity index (χ2n) is 7.77. The van der Waals surface area contributed by atoms with Gasteiger partial charge in [0.15, 0.2) is 6.61 Å². The lowest BCUT2D eigenvalue weighted by atomic mass is 9.94. The van der Waals surface area contributed by atoms with E-state index >= 15 is 0 Å². The van der Waals surface area contributed by atoms with Crippen molar-refractivity contribution in [1.29, 1.82) is 0 Å². The Hall–Kier alpha value is -2.34. The average molecular weight is 418 g/mol. The van der Waals surface area contributed by atoms with Crippen LogP contribution in [-0.2, 0) is 16.1 Å². The molecule has 0 aliphatic heterocycles. The fourth-order valence-electron chi connectivity index (χ4n) is 3.73. The van der Waals surface area contributed by atoms with Crippen LogP contribution >= 0.6 is 11.6 Å². The van der Waals surface area contributed by atoms with Crippen molar-refractivity contribution in [3.05, 3.63) is 51.8 Å². The fourth-order valence-corrected chi connectivity index (χ4v) is 4.04.